The van der Waals surface area contributed by atoms with Crippen molar-refractivity contribution >= 4 is 56.4 Å². The van der Waals surface area contributed by atoms with E-state index in [1.54, 1.807) is 0 Å². The summed E-state index contributed by atoms with van der Waals surface area (Å²) in [5.74, 6) is -0.507. The van der Waals surface area contributed by atoms with Gasteiger partial charge in [0.1, 0.15) is 6.54 Å². The van der Waals surface area contributed by atoms with E-state index in [-0.39, 0.29) is 20.8 Å². The molecule has 0 bridgehead atoms. The maximum Gasteiger partial charge on any atom is 0.241 e. The smallest absolute Gasteiger partial charge is 0.241 e. The molecule has 0 aromatic heterocycles. The molecule has 9 heteroatoms. The zero-order valence-corrected chi connectivity index (χ0v) is 20.4. The molecule has 0 radical (unpaired) electrons. The van der Waals surface area contributed by atoms with Gasteiger partial charge < -0.3 is 5.32 Å². The van der Waals surface area contributed by atoms with Gasteiger partial charge in [-0.05, 0) is 30.2 Å². The van der Waals surface area contributed by atoms with Crippen LogP contribution in [-0.4, -0.2) is 27.1 Å². The standard InChI is InChI=1S/C23H21Cl3N2O3S/c1-15-8-10-17(11-9-15)23(16-6-4-3-5-7-16)27-22(29)14-28(32(2,30)31)21-13-19(25)18(24)12-20(21)26/h3-13,23H,14H2,1-2H3,(H,27,29)/t23-/m1/s1. The largest absolute Gasteiger partial charge is 0.344 e. The van der Waals surface area contributed by atoms with Crippen molar-refractivity contribution in [1.29, 1.82) is 0 Å². The van der Waals surface area contributed by atoms with Gasteiger partial charge in [0.25, 0.3) is 0 Å². The van der Waals surface area contributed by atoms with Gasteiger partial charge in [-0.15, -0.1) is 0 Å². The molecule has 0 heterocycles. The number of sulfonamides is 1. The Balaban J connectivity index is 1.93. The minimum atomic E-state index is -3.85. The number of halogens is 3. The van der Waals surface area contributed by atoms with E-state index in [0.29, 0.717) is 0 Å². The van der Waals surface area contributed by atoms with Crippen molar-refractivity contribution in [3.05, 3.63) is 98.5 Å². The molecule has 0 unspecified atom stereocenters. The van der Waals surface area contributed by atoms with Crippen molar-refractivity contribution in [3.8, 4) is 0 Å². The van der Waals surface area contributed by atoms with Gasteiger partial charge in [-0.2, -0.15) is 0 Å². The van der Waals surface area contributed by atoms with Gasteiger partial charge in [0.05, 0.1) is 33.1 Å². The predicted octanol–water partition coefficient (Wildman–Crippen LogP) is 5.63. The first-order valence-corrected chi connectivity index (χ1v) is 12.6. The van der Waals surface area contributed by atoms with E-state index in [0.717, 1.165) is 27.3 Å². The third-order valence-electron chi connectivity index (χ3n) is 4.79. The van der Waals surface area contributed by atoms with Crippen LogP contribution in [0.5, 0.6) is 0 Å². The molecule has 0 aliphatic heterocycles. The van der Waals surface area contributed by atoms with Crippen molar-refractivity contribution in [2.45, 2.75) is 13.0 Å². The summed E-state index contributed by atoms with van der Waals surface area (Å²) >= 11 is 18.2. The second-order valence-corrected chi connectivity index (χ2v) is 10.4. The molecule has 1 atom stereocenters. The highest BCUT2D eigenvalue weighted by Crippen LogP contribution is 2.35. The van der Waals surface area contributed by atoms with E-state index < -0.39 is 28.5 Å². The lowest BCUT2D eigenvalue weighted by Crippen LogP contribution is -2.42. The molecule has 0 aliphatic rings. The highest BCUT2D eigenvalue weighted by molar-refractivity contribution is 7.92. The number of rotatable bonds is 7. The first-order chi connectivity index (χ1) is 15.1. The summed E-state index contributed by atoms with van der Waals surface area (Å²) in [6, 6.07) is 19.4. The van der Waals surface area contributed by atoms with Gasteiger partial charge >= 0.3 is 0 Å². The Morgan fingerprint density at radius 2 is 1.47 bits per heavy atom. The monoisotopic (exact) mass is 510 g/mol. The summed E-state index contributed by atoms with van der Waals surface area (Å²) in [5.41, 5.74) is 2.89. The van der Waals surface area contributed by atoms with Crippen LogP contribution >= 0.6 is 34.8 Å². The number of carbonyl (C=O) groups excluding carboxylic acids is 1. The fraction of sp³-hybridized carbons (Fsp3) is 0.174. The molecule has 5 nitrogen and oxygen atoms in total. The van der Waals surface area contributed by atoms with Crippen molar-refractivity contribution in [2.75, 3.05) is 17.1 Å². The quantitative estimate of drug-likeness (QED) is 0.418. The average molecular weight is 512 g/mol. The first kappa shape index (κ1) is 24.4. The Labute approximate surface area is 203 Å². The van der Waals surface area contributed by atoms with Gasteiger partial charge in [-0.25, -0.2) is 8.42 Å². The molecule has 3 aromatic carbocycles. The van der Waals surface area contributed by atoms with E-state index in [9.17, 15) is 13.2 Å². The second kappa shape index (κ2) is 10.1. The van der Waals surface area contributed by atoms with Crippen LogP contribution in [0.3, 0.4) is 0 Å². The summed E-state index contributed by atoms with van der Waals surface area (Å²) in [6.45, 7) is 1.50. The van der Waals surface area contributed by atoms with Gasteiger partial charge in [0.15, 0.2) is 0 Å². The number of nitrogens with zero attached hydrogens (tertiary/aromatic N) is 1. The summed E-state index contributed by atoms with van der Waals surface area (Å²) in [6.07, 6.45) is 0.994. The Bertz CT molecular complexity index is 1220. The zero-order chi connectivity index (χ0) is 23.5. The Kier molecular flexibility index (Phi) is 7.72. The van der Waals surface area contributed by atoms with Gasteiger partial charge in [0, 0.05) is 0 Å². The maximum atomic E-state index is 13.0. The topological polar surface area (TPSA) is 66.5 Å². The number of hydrogen-bond acceptors (Lipinski definition) is 3. The zero-order valence-electron chi connectivity index (χ0n) is 17.3. The molecule has 0 aliphatic carbocycles. The number of amides is 1. The molecule has 0 saturated carbocycles. The van der Waals surface area contributed by atoms with Crippen molar-refractivity contribution < 1.29 is 13.2 Å². The van der Waals surface area contributed by atoms with Crippen molar-refractivity contribution in [2.24, 2.45) is 0 Å². The van der Waals surface area contributed by atoms with Gasteiger partial charge in [-0.1, -0.05) is 95.0 Å². The number of hydrogen-bond donors (Lipinski definition) is 1. The third kappa shape index (κ3) is 5.95. The Morgan fingerprint density at radius 3 is 2.06 bits per heavy atom. The highest BCUT2D eigenvalue weighted by Gasteiger charge is 2.26. The molecule has 0 saturated heterocycles. The minimum Gasteiger partial charge on any atom is -0.344 e. The van der Waals surface area contributed by atoms with E-state index in [1.165, 1.54) is 12.1 Å². The molecular weight excluding hydrogens is 491 g/mol. The normalized spacial score (nSPS) is 12.3. The van der Waals surface area contributed by atoms with Gasteiger partial charge in [0.2, 0.25) is 15.9 Å². The maximum absolute atomic E-state index is 13.0. The van der Waals surface area contributed by atoms with Crippen LogP contribution in [0.2, 0.25) is 15.1 Å². The van der Waals surface area contributed by atoms with Crippen LogP contribution in [0.4, 0.5) is 5.69 Å². The van der Waals surface area contributed by atoms with Crippen LogP contribution in [-0.2, 0) is 14.8 Å². The number of aryl methyl sites for hydroxylation is 1. The second-order valence-electron chi connectivity index (χ2n) is 7.31. The van der Waals surface area contributed by atoms with Crippen LogP contribution in [0.15, 0.2) is 66.7 Å². The molecule has 1 N–H and O–H groups in total. The Hall–Kier alpha value is -2.25. The lowest BCUT2D eigenvalue weighted by Gasteiger charge is -2.26. The van der Waals surface area contributed by atoms with E-state index in [1.807, 2.05) is 61.5 Å². The van der Waals surface area contributed by atoms with Crippen LogP contribution in [0.25, 0.3) is 0 Å². The third-order valence-corrected chi connectivity index (χ3v) is 6.95. The average Bonchev–Trinajstić information content (AvgIpc) is 2.74. The molecule has 32 heavy (non-hydrogen) atoms. The summed E-state index contributed by atoms with van der Waals surface area (Å²) in [5, 5.41) is 3.31. The SMILES string of the molecule is Cc1ccc([C@H](NC(=O)CN(c2cc(Cl)c(Cl)cc2Cl)S(C)(=O)=O)c2ccccc2)cc1. The lowest BCUT2D eigenvalue weighted by molar-refractivity contribution is -0.120. The first-order valence-electron chi connectivity index (χ1n) is 9.59. The van der Waals surface area contributed by atoms with Crippen molar-refractivity contribution in [1.82, 2.24) is 5.32 Å². The van der Waals surface area contributed by atoms with Crippen molar-refractivity contribution in [3.63, 3.8) is 0 Å². The summed E-state index contributed by atoms with van der Waals surface area (Å²) in [7, 11) is -3.85. The molecule has 0 fully saturated rings. The number of carbonyl (C=O) groups is 1. The van der Waals surface area contributed by atoms with Crippen LogP contribution < -0.4 is 9.62 Å². The Morgan fingerprint density at radius 1 is 0.906 bits per heavy atom. The van der Waals surface area contributed by atoms with Crippen LogP contribution in [0, 0.1) is 6.92 Å². The van der Waals surface area contributed by atoms with E-state index in [4.69, 9.17) is 34.8 Å². The molecule has 3 rings (SSSR count). The summed E-state index contributed by atoms with van der Waals surface area (Å²) < 4.78 is 25.9. The van der Waals surface area contributed by atoms with Gasteiger partial charge in [-0.3, -0.25) is 9.10 Å². The number of benzene rings is 3. The minimum absolute atomic E-state index is 0.0655. The molecule has 0 spiro atoms. The highest BCUT2D eigenvalue weighted by atomic mass is 35.5. The molecule has 168 valence electrons. The fourth-order valence-corrected chi connectivity index (χ4v) is 4.74. The van der Waals surface area contributed by atoms with Crippen LogP contribution in [0.1, 0.15) is 22.7 Å². The van der Waals surface area contributed by atoms with E-state index in [2.05, 4.69) is 5.32 Å². The number of nitrogens with one attached hydrogen (secondary N) is 1. The lowest BCUT2D eigenvalue weighted by atomic mass is 9.98. The molecule has 1 amide bonds. The summed E-state index contributed by atoms with van der Waals surface area (Å²) in [4.78, 5) is 13.0. The molecular formula is C23H21Cl3N2O3S. The number of anilines is 1. The predicted molar refractivity (Wildman–Crippen MR) is 131 cm³/mol. The van der Waals surface area contributed by atoms with E-state index >= 15 is 0 Å². The molecule has 3 aromatic rings. The fourth-order valence-electron chi connectivity index (χ4n) is 3.18.